The molecule has 7 nitrogen and oxygen atoms in total. The maximum atomic E-state index is 5.43. The maximum Gasteiger partial charge on any atom is 0.144 e. The molecule has 0 saturated carbocycles. The largest absolute Gasteiger partial charge is 0.494 e. The average molecular weight is 335 g/mol. The van der Waals surface area contributed by atoms with Gasteiger partial charge in [0.05, 0.1) is 25.8 Å². The number of ether oxygens (including phenoxy) is 1. The molecule has 0 N–H and O–H groups in total. The zero-order valence-electron chi connectivity index (χ0n) is 13.9. The second-order valence-electron chi connectivity index (χ2n) is 5.62. The summed E-state index contributed by atoms with van der Waals surface area (Å²) in [5, 5.41) is 12.9. The number of rotatable bonds is 5. The van der Waals surface area contributed by atoms with Gasteiger partial charge >= 0.3 is 0 Å². The van der Waals surface area contributed by atoms with E-state index in [2.05, 4.69) is 15.4 Å². The predicted molar refractivity (Wildman–Crippen MR) is 91.7 cm³/mol. The van der Waals surface area contributed by atoms with Crippen LogP contribution in [0.4, 0.5) is 0 Å². The Morgan fingerprint density at radius 3 is 2.80 bits per heavy atom. The molecule has 1 aromatic carbocycles. The molecule has 3 heterocycles. The van der Waals surface area contributed by atoms with Crippen LogP contribution in [0.5, 0.6) is 5.75 Å². The third-order valence-corrected chi connectivity index (χ3v) is 4.07. The first-order valence-corrected chi connectivity index (χ1v) is 7.90. The van der Waals surface area contributed by atoms with Gasteiger partial charge in [0.2, 0.25) is 0 Å². The van der Waals surface area contributed by atoms with E-state index >= 15 is 0 Å². The number of nitrogens with zero attached hydrogens (tertiary/aromatic N) is 5. The van der Waals surface area contributed by atoms with Gasteiger partial charge < -0.3 is 9.15 Å². The summed E-state index contributed by atoms with van der Waals surface area (Å²) >= 11 is 0. The topological polar surface area (TPSA) is 70.9 Å². The molecule has 0 aliphatic rings. The van der Waals surface area contributed by atoms with Crippen LogP contribution < -0.4 is 4.74 Å². The van der Waals surface area contributed by atoms with E-state index < -0.39 is 0 Å². The van der Waals surface area contributed by atoms with E-state index in [0.29, 0.717) is 0 Å². The van der Waals surface area contributed by atoms with Crippen molar-refractivity contribution in [1.82, 2.24) is 24.8 Å². The van der Waals surface area contributed by atoms with Crippen molar-refractivity contribution >= 4 is 0 Å². The Hall–Kier alpha value is -3.35. The van der Waals surface area contributed by atoms with Crippen LogP contribution >= 0.6 is 0 Å². The third kappa shape index (κ3) is 2.80. The van der Waals surface area contributed by atoms with E-state index in [1.807, 2.05) is 55.7 Å². The first-order chi connectivity index (χ1) is 12.3. The number of para-hydroxylation sites is 2. The smallest absolute Gasteiger partial charge is 0.144 e. The number of furan rings is 1. The summed E-state index contributed by atoms with van der Waals surface area (Å²) in [7, 11) is 1.64. The molecule has 0 radical (unpaired) electrons. The second-order valence-corrected chi connectivity index (χ2v) is 5.62. The van der Waals surface area contributed by atoms with E-state index in [4.69, 9.17) is 9.15 Å². The second kappa shape index (κ2) is 6.27. The van der Waals surface area contributed by atoms with Crippen molar-refractivity contribution in [2.45, 2.75) is 13.0 Å². The molecule has 0 unspecified atom stereocenters. The summed E-state index contributed by atoms with van der Waals surface area (Å²) in [6, 6.07) is 11.5. The van der Waals surface area contributed by atoms with Crippen molar-refractivity contribution in [2.24, 2.45) is 0 Å². The molecular weight excluding hydrogens is 318 g/mol. The van der Waals surface area contributed by atoms with Gasteiger partial charge in [-0.05, 0) is 31.2 Å². The Morgan fingerprint density at radius 1 is 1.12 bits per heavy atom. The average Bonchev–Trinajstić information content (AvgIpc) is 3.42. The summed E-state index contributed by atoms with van der Waals surface area (Å²) in [4.78, 5) is 0. The van der Waals surface area contributed by atoms with Gasteiger partial charge in [-0.25, -0.2) is 9.36 Å². The highest BCUT2D eigenvalue weighted by molar-refractivity contribution is 5.57. The minimum Gasteiger partial charge on any atom is -0.494 e. The fourth-order valence-corrected chi connectivity index (χ4v) is 2.66. The third-order valence-electron chi connectivity index (χ3n) is 4.07. The first-order valence-electron chi connectivity index (χ1n) is 7.90. The number of hydrogen-bond acceptors (Lipinski definition) is 5. The Morgan fingerprint density at radius 2 is 2.00 bits per heavy atom. The lowest BCUT2D eigenvalue weighted by atomic mass is 10.2. The first kappa shape index (κ1) is 15.2. The molecule has 0 aliphatic heterocycles. The molecule has 0 bridgehead atoms. The van der Waals surface area contributed by atoms with Crippen molar-refractivity contribution in [3.05, 3.63) is 67.0 Å². The number of hydrogen-bond donors (Lipinski definition) is 0. The van der Waals surface area contributed by atoms with Crippen LogP contribution in [0.25, 0.3) is 16.9 Å². The molecule has 4 rings (SSSR count). The number of benzene rings is 1. The molecule has 1 atom stereocenters. The standard InChI is InChI=1S/C18H17N5O2/c1-13(17-8-5-9-25-17)22-12-15(20-21-22)14-10-19-23(11-14)16-6-3-4-7-18(16)24-2/h3-13H,1-2H3/t13-/m1/s1. The summed E-state index contributed by atoms with van der Waals surface area (Å²) < 4.78 is 14.4. The van der Waals surface area contributed by atoms with Gasteiger partial charge in [-0.15, -0.1) is 5.10 Å². The van der Waals surface area contributed by atoms with Gasteiger partial charge in [-0.3, -0.25) is 0 Å². The summed E-state index contributed by atoms with van der Waals surface area (Å²) in [6.45, 7) is 2.01. The fourth-order valence-electron chi connectivity index (χ4n) is 2.66. The van der Waals surface area contributed by atoms with Crippen LogP contribution in [0.15, 0.2) is 65.7 Å². The number of aromatic nitrogens is 5. The molecule has 3 aromatic heterocycles. The lowest BCUT2D eigenvalue weighted by Crippen LogP contribution is -2.06. The van der Waals surface area contributed by atoms with Gasteiger partial charge in [-0.1, -0.05) is 17.3 Å². The van der Waals surface area contributed by atoms with Crippen LogP contribution in [-0.4, -0.2) is 31.9 Å². The Bertz CT molecular complexity index is 971. The Kier molecular flexibility index (Phi) is 3.81. The van der Waals surface area contributed by atoms with Gasteiger partial charge in [0.1, 0.15) is 28.9 Å². The van der Waals surface area contributed by atoms with Gasteiger partial charge in [0.15, 0.2) is 0 Å². The van der Waals surface area contributed by atoms with E-state index in [9.17, 15) is 0 Å². The van der Waals surface area contributed by atoms with Crippen LogP contribution in [0.2, 0.25) is 0 Å². The van der Waals surface area contributed by atoms with Crippen LogP contribution in [0.3, 0.4) is 0 Å². The zero-order valence-corrected chi connectivity index (χ0v) is 13.9. The maximum absolute atomic E-state index is 5.43. The molecule has 25 heavy (non-hydrogen) atoms. The van der Waals surface area contributed by atoms with Gasteiger partial charge in [0.25, 0.3) is 0 Å². The molecule has 0 spiro atoms. The Labute approximate surface area is 144 Å². The van der Waals surface area contributed by atoms with E-state index in [-0.39, 0.29) is 6.04 Å². The highest BCUT2D eigenvalue weighted by atomic mass is 16.5. The molecule has 0 fully saturated rings. The molecule has 0 aliphatic carbocycles. The summed E-state index contributed by atoms with van der Waals surface area (Å²) in [5.41, 5.74) is 2.50. The minimum absolute atomic E-state index is 0.0273. The SMILES string of the molecule is COc1ccccc1-n1cc(-c2cn([C@H](C)c3ccco3)nn2)cn1. The van der Waals surface area contributed by atoms with Crippen LogP contribution in [-0.2, 0) is 0 Å². The van der Waals surface area contributed by atoms with Gasteiger partial charge in [-0.2, -0.15) is 5.10 Å². The highest BCUT2D eigenvalue weighted by Crippen LogP contribution is 2.25. The molecule has 0 amide bonds. The van der Waals surface area contributed by atoms with E-state index in [1.165, 1.54) is 0 Å². The summed E-state index contributed by atoms with van der Waals surface area (Å²) in [5.74, 6) is 1.59. The van der Waals surface area contributed by atoms with Crippen LogP contribution in [0.1, 0.15) is 18.7 Å². The van der Waals surface area contributed by atoms with Crippen molar-refractivity contribution in [2.75, 3.05) is 7.11 Å². The fraction of sp³-hybridized carbons (Fsp3) is 0.167. The minimum atomic E-state index is -0.0273. The molecule has 0 saturated heterocycles. The quantitative estimate of drug-likeness (QED) is 0.559. The van der Waals surface area contributed by atoms with Crippen molar-refractivity contribution in [1.29, 1.82) is 0 Å². The molecule has 126 valence electrons. The van der Waals surface area contributed by atoms with E-state index in [1.54, 1.807) is 28.9 Å². The normalized spacial score (nSPS) is 12.2. The Balaban J connectivity index is 1.63. The highest BCUT2D eigenvalue weighted by Gasteiger charge is 2.15. The predicted octanol–water partition coefficient (Wildman–Crippen LogP) is 3.34. The van der Waals surface area contributed by atoms with Crippen molar-refractivity contribution in [3.63, 3.8) is 0 Å². The number of methoxy groups -OCH3 is 1. The summed E-state index contributed by atoms with van der Waals surface area (Å²) in [6.07, 6.45) is 7.21. The lowest BCUT2D eigenvalue weighted by Gasteiger charge is -2.07. The van der Waals surface area contributed by atoms with Crippen molar-refractivity contribution in [3.8, 4) is 22.7 Å². The molecule has 7 heteroatoms. The molecule has 4 aromatic rings. The molecular formula is C18H17N5O2. The lowest BCUT2D eigenvalue weighted by molar-refractivity contribution is 0.411. The van der Waals surface area contributed by atoms with Crippen molar-refractivity contribution < 1.29 is 9.15 Å². The monoisotopic (exact) mass is 335 g/mol. The van der Waals surface area contributed by atoms with Gasteiger partial charge in [0, 0.05) is 11.8 Å². The zero-order chi connectivity index (χ0) is 17.2. The van der Waals surface area contributed by atoms with Crippen LogP contribution in [0, 0.1) is 0 Å². The van der Waals surface area contributed by atoms with E-state index in [0.717, 1.165) is 28.5 Å².